The van der Waals surface area contributed by atoms with Crippen LogP contribution in [0.25, 0.3) is 0 Å². The Morgan fingerprint density at radius 2 is 2.19 bits per heavy atom. The summed E-state index contributed by atoms with van der Waals surface area (Å²) in [7, 11) is 0. The monoisotopic (exact) mass is 428 g/mol. The number of aliphatic imine (C=N–C) groups is 1. The van der Waals surface area contributed by atoms with Gasteiger partial charge in [0.15, 0.2) is 0 Å². The summed E-state index contributed by atoms with van der Waals surface area (Å²) in [5.41, 5.74) is 2.25. The van der Waals surface area contributed by atoms with Gasteiger partial charge in [0.25, 0.3) is 0 Å². The number of alkyl halides is 3. The Labute approximate surface area is 180 Å². The normalized spacial score (nSPS) is 49.8. The number of halogens is 3. The van der Waals surface area contributed by atoms with Crippen LogP contribution in [0.1, 0.15) is 39.0 Å². The number of urea groups is 1. The fourth-order valence-corrected chi connectivity index (χ4v) is 8.33. The maximum absolute atomic E-state index is 13.0. The highest BCUT2D eigenvalue weighted by Crippen LogP contribution is 2.99. The first-order chi connectivity index (χ1) is 14.7. The van der Waals surface area contributed by atoms with E-state index in [0.717, 1.165) is 29.7 Å². The minimum Gasteiger partial charge on any atom is -0.298 e. The summed E-state index contributed by atoms with van der Waals surface area (Å²) in [6.45, 7) is 2.75. The second-order valence-electron chi connectivity index (χ2n) is 11.3. The van der Waals surface area contributed by atoms with E-state index in [4.69, 9.17) is 0 Å². The SMILES string of the molecule is CC12CCC3C4C3C1(C=NC(=O)N1C=C(CCC(F)(F)F)C(C3=CC5CC5C=C3)C1)C42. The molecule has 9 atom stereocenters. The average molecular weight is 428 g/mol. The summed E-state index contributed by atoms with van der Waals surface area (Å²) < 4.78 is 38.7. The Kier molecular flexibility index (Phi) is 3.35. The van der Waals surface area contributed by atoms with Crippen molar-refractivity contribution in [2.45, 2.75) is 45.2 Å². The lowest BCUT2D eigenvalue weighted by Gasteiger charge is -2.24. The van der Waals surface area contributed by atoms with Crippen LogP contribution < -0.4 is 0 Å². The fourth-order valence-electron chi connectivity index (χ4n) is 8.33. The van der Waals surface area contributed by atoms with Gasteiger partial charge in [-0.1, -0.05) is 25.2 Å². The van der Waals surface area contributed by atoms with Crippen molar-refractivity contribution in [2.24, 2.45) is 57.2 Å². The Morgan fingerprint density at radius 1 is 1.35 bits per heavy atom. The van der Waals surface area contributed by atoms with Crippen LogP contribution in [0.2, 0.25) is 0 Å². The smallest absolute Gasteiger partial charge is 0.298 e. The van der Waals surface area contributed by atoms with Gasteiger partial charge in [0.1, 0.15) is 0 Å². The third-order valence-corrected chi connectivity index (χ3v) is 9.99. The van der Waals surface area contributed by atoms with Crippen LogP contribution in [0, 0.1) is 52.3 Å². The van der Waals surface area contributed by atoms with E-state index in [2.05, 4.69) is 30.1 Å². The lowest BCUT2D eigenvalue weighted by molar-refractivity contribution is -0.134. The van der Waals surface area contributed by atoms with Gasteiger partial charge >= 0.3 is 12.2 Å². The number of amides is 2. The van der Waals surface area contributed by atoms with Crippen molar-refractivity contribution < 1.29 is 18.0 Å². The number of rotatable bonds is 4. The molecule has 2 amide bonds. The van der Waals surface area contributed by atoms with Crippen LogP contribution in [0.5, 0.6) is 0 Å². The molecule has 6 heteroatoms. The lowest BCUT2D eigenvalue weighted by atomic mass is 9.80. The lowest BCUT2D eigenvalue weighted by Crippen LogP contribution is -2.28. The molecule has 0 aromatic carbocycles. The number of carbonyl (C=O) groups excluding carboxylic acids is 1. The van der Waals surface area contributed by atoms with Crippen LogP contribution in [0.3, 0.4) is 0 Å². The molecule has 0 saturated heterocycles. The predicted octanol–water partition coefficient (Wildman–Crippen LogP) is 5.76. The van der Waals surface area contributed by atoms with Crippen molar-refractivity contribution in [1.29, 1.82) is 0 Å². The predicted molar refractivity (Wildman–Crippen MR) is 110 cm³/mol. The molecule has 0 N–H and O–H groups in total. The molecule has 0 radical (unpaired) electrons. The molecule has 9 unspecified atom stereocenters. The van der Waals surface area contributed by atoms with E-state index in [1.165, 1.54) is 12.8 Å². The number of allylic oxidation sites excluding steroid dienone is 3. The van der Waals surface area contributed by atoms with Crippen LogP contribution in [0.15, 0.2) is 40.6 Å². The first-order valence-corrected chi connectivity index (χ1v) is 11.8. The van der Waals surface area contributed by atoms with Gasteiger partial charge < -0.3 is 0 Å². The minimum absolute atomic E-state index is 0.0591. The maximum atomic E-state index is 13.0. The summed E-state index contributed by atoms with van der Waals surface area (Å²) in [5.74, 6) is 4.17. The van der Waals surface area contributed by atoms with Crippen LogP contribution in [-0.4, -0.2) is 29.9 Å². The number of carbonyl (C=O) groups is 1. The molecule has 3 nitrogen and oxygen atoms in total. The second-order valence-corrected chi connectivity index (χ2v) is 11.3. The number of nitrogens with zero attached hydrogens (tertiary/aromatic N) is 2. The zero-order valence-electron chi connectivity index (χ0n) is 17.6. The van der Waals surface area contributed by atoms with Crippen molar-refractivity contribution in [3.8, 4) is 0 Å². The van der Waals surface area contributed by atoms with E-state index < -0.39 is 12.6 Å². The number of hydrogen-bond acceptors (Lipinski definition) is 1. The average Bonchev–Trinajstić information content (AvgIpc) is 3.62. The highest BCUT2D eigenvalue weighted by atomic mass is 19.4. The molecule has 0 spiro atoms. The molecule has 164 valence electrons. The largest absolute Gasteiger partial charge is 0.389 e. The van der Waals surface area contributed by atoms with E-state index in [0.29, 0.717) is 35.3 Å². The van der Waals surface area contributed by atoms with E-state index in [-0.39, 0.29) is 23.8 Å². The van der Waals surface area contributed by atoms with Crippen molar-refractivity contribution in [2.75, 3.05) is 6.54 Å². The summed E-state index contributed by atoms with van der Waals surface area (Å²) in [4.78, 5) is 18.9. The van der Waals surface area contributed by atoms with E-state index in [1.54, 1.807) is 11.1 Å². The Bertz CT molecular complexity index is 1010. The quantitative estimate of drug-likeness (QED) is 0.524. The fraction of sp³-hybridized carbons (Fsp3) is 0.680. The standard InChI is InChI=1S/C25H27F3N2O/c1-23-6-5-17-19-20(17)24(23,21(19)23)12-29-22(31)30-10-15(4-7-25(26,27)28)18(11-30)14-3-2-13-8-16(13)9-14/h2-3,9-10,12-13,16-21H,4-8,11H2,1H3. The molecule has 8 aliphatic rings. The molecular weight excluding hydrogens is 401 g/mol. The van der Waals surface area contributed by atoms with E-state index in [9.17, 15) is 18.0 Å². The first kappa shape index (κ1) is 18.7. The molecule has 1 aliphatic heterocycles. The summed E-state index contributed by atoms with van der Waals surface area (Å²) in [6, 6.07) is -0.319. The zero-order valence-corrected chi connectivity index (χ0v) is 17.6. The topological polar surface area (TPSA) is 32.7 Å². The molecule has 31 heavy (non-hydrogen) atoms. The molecular formula is C25H27F3N2O. The van der Waals surface area contributed by atoms with Gasteiger partial charge in [0.2, 0.25) is 0 Å². The van der Waals surface area contributed by atoms with Gasteiger partial charge in [-0.25, -0.2) is 9.79 Å². The Morgan fingerprint density at radius 3 is 2.90 bits per heavy atom. The highest BCUT2D eigenvalue weighted by Gasteiger charge is 2.97. The molecule has 6 saturated carbocycles. The van der Waals surface area contributed by atoms with Crippen molar-refractivity contribution in [3.05, 3.63) is 35.6 Å². The van der Waals surface area contributed by atoms with Crippen LogP contribution >= 0.6 is 0 Å². The molecule has 0 aromatic rings. The second kappa shape index (κ2) is 5.55. The van der Waals surface area contributed by atoms with Crippen molar-refractivity contribution in [1.82, 2.24) is 4.90 Å². The van der Waals surface area contributed by atoms with Gasteiger partial charge in [-0.3, -0.25) is 4.90 Å². The van der Waals surface area contributed by atoms with Crippen molar-refractivity contribution >= 4 is 12.2 Å². The van der Waals surface area contributed by atoms with Gasteiger partial charge in [-0.05, 0) is 77.8 Å². The summed E-state index contributed by atoms with van der Waals surface area (Å²) in [5, 5.41) is 0. The zero-order chi connectivity index (χ0) is 21.3. The molecule has 7 aliphatic carbocycles. The maximum Gasteiger partial charge on any atom is 0.389 e. The summed E-state index contributed by atoms with van der Waals surface area (Å²) in [6.07, 6.45) is 8.65. The van der Waals surface area contributed by atoms with E-state index >= 15 is 0 Å². The van der Waals surface area contributed by atoms with Gasteiger partial charge in [0.05, 0.1) is 0 Å². The van der Waals surface area contributed by atoms with Crippen LogP contribution in [-0.2, 0) is 0 Å². The molecule has 0 aromatic heterocycles. The Balaban J connectivity index is 1.10. The minimum atomic E-state index is -4.20. The van der Waals surface area contributed by atoms with Gasteiger partial charge in [-0.2, -0.15) is 13.2 Å². The molecule has 8 rings (SSSR count). The Hall–Kier alpha value is -1.85. The number of hydrogen-bond donors (Lipinski definition) is 0. The van der Waals surface area contributed by atoms with Crippen LogP contribution in [0.4, 0.5) is 18.0 Å². The third-order valence-electron chi connectivity index (χ3n) is 9.99. The van der Waals surface area contributed by atoms with Gasteiger partial charge in [-0.15, -0.1) is 0 Å². The number of fused-ring (bicyclic) bond motifs is 2. The first-order valence-electron chi connectivity index (χ1n) is 11.8. The van der Waals surface area contributed by atoms with E-state index in [1.807, 2.05) is 6.21 Å². The third kappa shape index (κ3) is 2.37. The summed E-state index contributed by atoms with van der Waals surface area (Å²) >= 11 is 0. The highest BCUT2D eigenvalue weighted by molar-refractivity contribution is 5.91. The van der Waals surface area contributed by atoms with Crippen molar-refractivity contribution in [3.63, 3.8) is 0 Å². The molecule has 2 bridgehead atoms. The molecule has 1 heterocycles. The van der Waals surface area contributed by atoms with Gasteiger partial charge in [0, 0.05) is 36.7 Å². The molecule has 6 fully saturated rings.